The zero-order chi connectivity index (χ0) is 20.1. The highest BCUT2D eigenvalue weighted by Crippen LogP contribution is 2.25. The van der Waals surface area contributed by atoms with Crippen LogP contribution in [0.25, 0.3) is 0 Å². The number of halogens is 2. The van der Waals surface area contributed by atoms with Crippen LogP contribution in [-0.2, 0) is 11.3 Å². The van der Waals surface area contributed by atoms with Crippen LogP contribution in [0.4, 0.5) is 9.18 Å². The summed E-state index contributed by atoms with van der Waals surface area (Å²) in [5.74, 6) is -0.136. The average molecular weight is 412 g/mol. The molecule has 0 bridgehead atoms. The number of nitrogens with zero attached hydrogens (tertiary/aromatic N) is 3. The minimum Gasteiger partial charge on any atom is -0.484 e. The van der Waals surface area contributed by atoms with E-state index in [1.54, 1.807) is 16.7 Å². The minimum absolute atomic E-state index is 0.0116. The normalized spacial score (nSPS) is 14.1. The summed E-state index contributed by atoms with van der Waals surface area (Å²) < 4.78 is 28.6. The van der Waals surface area contributed by atoms with Crippen LogP contribution in [0.3, 0.4) is 0 Å². The molecular weight excluding hydrogens is 393 g/mol. The second-order valence-electron chi connectivity index (χ2n) is 6.02. The van der Waals surface area contributed by atoms with Crippen molar-refractivity contribution in [2.75, 3.05) is 32.8 Å². The second kappa shape index (κ2) is 8.92. The van der Waals surface area contributed by atoms with Crippen LogP contribution in [0, 0.1) is 5.82 Å². The topological polar surface area (TPSA) is 85.1 Å². The van der Waals surface area contributed by atoms with Crippen molar-refractivity contribution < 1.29 is 28.0 Å². The summed E-state index contributed by atoms with van der Waals surface area (Å²) in [5, 5.41) is 3.91. The van der Waals surface area contributed by atoms with Crippen LogP contribution in [0.15, 0.2) is 28.8 Å². The summed E-state index contributed by atoms with van der Waals surface area (Å²) >= 11 is 5.90. The van der Waals surface area contributed by atoms with E-state index in [-0.39, 0.29) is 29.3 Å². The van der Waals surface area contributed by atoms with Crippen LogP contribution in [-0.4, -0.2) is 59.7 Å². The third-order valence-electron chi connectivity index (χ3n) is 4.13. The van der Waals surface area contributed by atoms with E-state index >= 15 is 0 Å². The fourth-order valence-electron chi connectivity index (χ4n) is 2.69. The molecule has 0 unspecified atom stereocenters. The Bertz CT molecular complexity index is 851. The first-order valence-electron chi connectivity index (χ1n) is 8.72. The molecule has 0 radical (unpaired) electrons. The predicted molar refractivity (Wildman–Crippen MR) is 96.7 cm³/mol. The summed E-state index contributed by atoms with van der Waals surface area (Å²) in [6, 6.07) is 5.26. The van der Waals surface area contributed by atoms with Crippen LogP contribution >= 0.6 is 11.6 Å². The lowest BCUT2D eigenvalue weighted by molar-refractivity contribution is 0.0562. The standard InChI is InChI=1S/C18H19ClFN3O5/c1-2-26-18(25)23-7-5-22(6-8-23)17(24)15-10-13(28-21-15)11-27-16-4-3-12(20)9-14(16)19/h3-4,9-10H,2,5-8,11H2,1H3. The van der Waals surface area contributed by atoms with Crippen molar-refractivity contribution in [1.82, 2.24) is 15.0 Å². The molecule has 0 spiro atoms. The van der Waals surface area contributed by atoms with Gasteiger partial charge in [0.05, 0.1) is 11.6 Å². The Morgan fingerprint density at radius 2 is 1.93 bits per heavy atom. The molecular formula is C18H19ClFN3O5. The van der Waals surface area contributed by atoms with E-state index in [4.69, 9.17) is 25.6 Å². The number of rotatable bonds is 5. The van der Waals surface area contributed by atoms with Gasteiger partial charge in [0.15, 0.2) is 11.5 Å². The predicted octanol–water partition coefficient (Wildman–Crippen LogP) is 2.96. The van der Waals surface area contributed by atoms with E-state index in [1.807, 2.05) is 0 Å². The molecule has 28 heavy (non-hydrogen) atoms. The first-order chi connectivity index (χ1) is 13.5. The van der Waals surface area contributed by atoms with E-state index in [9.17, 15) is 14.0 Å². The van der Waals surface area contributed by atoms with Crippen LogP contribution in [0.2, 0.25) is 5.02 Å². The zero-order valence-electron chi connectivity index (χ0n) is 15.2. The molecule has 1 fully saturated rings. The number of aromatic nitrogens is 1. The third kappa shape index (κ3) is 4.72. The summed E-state index contributed by atoms with van der Waals surface area (Å²) in [5.41, 5.74) is 0.147. The molecule has 0 aliphatic carbocycles. The minimum atomic E-state index is -0.465. The Balaban J connectivity index is 1.53. The van der Waals surface area contributed by atoms with Gasteiger partial charge in [0.25, 0.3) is 5.91 Å². The number of benzene rings is 1. The van der Waals surface area contributed by atoms with Gasteiger partial charge in [0.1, 0.15) is 18.2 Å². The lowest BCUT2D eigenvalue weighted by Crippen LogP contribution is -2.50. The third-order valence-corrected chi connectivity index (χ3v) is 4.43. The largest absolute Gasteiger partial charge is 0.484 e. The summed E-state index contributed by atoms with van der Waals surface area (Å²) in [6.45, 7) is 3.58. The summed E-state index contributed by atoms with van der Waals surface area (Å²) in [7, 11) is 0. The van der Waals surface area contributed by atoms with Crippen molar-refractivity contribution in [2.45, 2.75) is 13.5 Å². The Morgan fingerprint density at radius 1 is 1.21 bits per heavy atom. The molecule has 1 aliphatic rings. The van der Waals surface area contributed by atoms with Crippen LogP contribution in [0.5, 0.6) is 5.75 Å². The molecule has 2 heterocycles. The number of ether oxygens (including phenoxy) is 2. The van der Waals surface area contributed by atoms with Crippen molar-refractivity contribution >= 4 is 23.6 Å². The number of hydrogen-bond donors (Lipinski definition) is 0. The Labute approximate surface area is 165 Å². The molecule has 1 aliphatic heterocycles. The maximum Gasteiger partial charge on any atom is 0.409 e. The maximum atomic E-state index is 13.0. The van der Waals surface area contributed by atoms with Gasteiger partial charge in [-0.1, -0.05) is 16.8 Å². The lowest BCUT2D eigenvalue weighted by atomic mass is 10.2. The van der Waals surface area contributed by atoms with Crippen LogP contribution < -0.4 is 4.74 Å². The molecule has 2 amide bonds. The van der Waals surface area contributed by atoms with E-state index in [0.717, 1.165) is 6.07 Å². The van der Waals surface area contributed by atoms with Gasteiger partial charge in [-0.2, -0.15) is 0 Å². The summed E-state index contributed by atoms with van der Waals surface area (Å²) in [4.78, 5) is 27.4. The number of piperazine rings is 1. The fourth-order valence-corrected chi connectivity index (χ4v) is 2.91. The van der Waals surface area contributed by atoms with Gasteiger partial charge in [0, 0.05) is 32.2 Å². The average Bonchev–Trinajstić information content (AvgIpc) is 3.16. The molecule has 10 heteroatoms. The first kappa shape index (κ1) is 19.9. The van der Waals surface area contributed by atoms with Crippen molar-refractivity contribution in [3.63, 3.8) is 0 Å². The number of hydrogen-bond acceptors (Lipinski definition) is 6. The van der Waals surface area contributed by atoms with E-state index in [2.05, 4.69) is 5.16 Å². The Hall–Kier alpha value is -2.81. The fraction of sp³-hybridized carbons (Fsp3) is 0.389. The number of amides is 2. The highest BCUT2D eigenvalue weighted by molar-refractivity contribution is 6.32. The molecule has 0 N–H and O–H groups in total. The molecule has 3 rings (SSSR count). The Morgan fingerprint density at radius 3 is 2.61 bits per heavy atom. The molecule has 0 saturated carbocycles. The first-order valence-corrected chi connectivity index (χ1v) is 9.10. The monoisotopic (exact) mass is 411 g/mol. The lowest BCUT2D eigenvalue weighted by Gasteiger charge is -2.33. The molecule has 2 aromatic rings. The van der Waals surface area contributed by atoms with Gasteiger partial charge in [0.2, 0.25) is 0 Å². The van der Waals surface area contributed by atoms with E-state index in [0.29, 0.717) is 44.3 Å². The van der Waals surface area contributed by atoms with Gasteiger partial charge in [-0.25, -0.2) is 9.18 Å². The highest BCUT2D eigenvalue weighted by atomic mass is 35.5. The quantitative estimate of drug-likeness (QED) is 0.752. The maximum absolute atomic E-state index is 13.0. The SMILES string of the molecule is CCOC(=O)N1CCN(C(=O)c2cc(COc3ccc(F)cc3Cl)on2)CC1. The van der Waals surface area contributed by atoms with Gasteiger partial charge < -0.3 is 23.8 Å². The van der Waals surface area contributed by atoms with Crippen molar-refractivity contribution in [1.29, 1.82) is 0 Å². The van der Waals surface area contributed by atoms with Gasteiger partial charge in [-0.3, -0.25) is 4.79 Å². The van der Waals surface area contributed by atoms with Crippen molar-refractivity contribution in [2.24, 2.45) is 0 Å². The second-order valence-corrected chi connectivity index (χ2v) is 6.43. The molecule has 0 atom stereocenters. The van der Waals surface area contributed by atoms with Gasteiger partial charge >= 0.3 is 6.09 Å². The van der Waals surface area contributed by atoms with Crippen molar-refractivity contribution in [3.8, 4) is 5.75 Å². The molecule has 1 aromatic heterocycles. The number of carbonyl (C=O) groups is 2. The molecule has 1 aromatic carbocycles. The molecule has 8 nitrogen and oxygen atoms in total. The van der Waals surface area contributed by atoms with Gasteiger partial charge in [-0.15, -0.1) is 0 Å². The van der Waals surface area contributed by atoms with E-state index in [1.165, 1.54) is 18.2 Å². The smallest absolute Gasteiger partial charge is 0.409 e. The molecule has 150 valence electrons. The zero-order valence-corrected chi connectivity index (χ0v) is 15.9. The van der Waals surface area contributed by atoms with Gasteiger partial charge in [-0.05, 0) is 25.1 Å². The summed E-state index contributed by atoms with van der Waals surface area (Å²) in [6.07, 6.45) is -0.380. The highest BCUT2D eigenvalue weighted by Gasteiger charge is 2.27. The Kier molecular flexibility index (Phi) is 6.35. The van der Waals surface area contributed by atoms with E-state index < -0.39 is 5.82 Å². The molecule has 1 saturated heterocycles. The number of carbonyl (C=O) groups excluding carboxylic acids is 2. The van der Waals surface area contributed by atoms with Crippen molar-refractivity contribution in [3.05, 3.63) is 46.6 Å². The van der Waals surface area contributed by atoms with Crippen LogP contribution in [0.1, 0.15) is 23.2 Å².